The van der Waals surface area contributed by atoms with E-state index in [1.54, 1.807) is 11.3 Å². The SMILES string of the molecule is Cc1cc2ccccc2n1Cc1nnc(-c2ccccc2)s1. The molecule has 0 spiro atoms. The normalized spacial score (nSPS) is 11.1. The number of hydrogen-bond donors (Lipinski definition) is 0. The average molecular weight is 305 g/mol. The van der Waals surface area contributed by atoms with Crippen molar-refractivity contribution in [3.05, 3.63) is 71.4 Å². The van der Waals surface area contributed by atoms with Crippen molar-refractivity contribution in [2.24, 2.45) is 0 Å². The fourth-order valence-corrected chi connectivity index (χ4v) is 3.54. The number of para-hydroxylation sites is 1. The highest BCUT2D eigenvalue weighted by atomic mass is 32.1. The molecule has 0 aliphatic heterocycles. The largest absolute Gasteiger partial charge is 0.338 e. The van der Waals surface area contributed by atoms with E-state index >= 15 is 0 Å². The van der Waals surface area contributed by atoms with Gasteiger partial charge in [-0.05, 0) is 24.4 Å². The minimum absolute atomic E-state index is 0.768. The smallest absolute Gasteiger partial charge is 0.147 e. The molecule has 2 aromatic carbocycles. The highest BCUT2D eigenvalue weighted by molar-refractivity contribution is 7.14. The molecule has 0 bridgehead atoms. The molecule has 2 aromatic heterocycles. The molecular weight excluding hydrogens is 290 g/mol. The molecule has 22 heavy (non-hydrogen) atoms. The number of hydrogen-bond acceptors (Lipinski definition) is 3. The van der Waals surface area contributed by atoms with Crippen LogP contribution in [-0.4, -0.2) is 14.8 Å². The zero-order valence-electron chi connectivity index (χ0n) is 12.2. The van der Waals surface area contributed by atoms with E-state index in [2.05, 4.69) is 64.2 Å². The molecule has 108 valence electrons. The van der Waals surface area contributed by atoms with Gasteiger partial charge in [-0.15, -0.1) is 10.2 Å². The van der Waals surface area contributed by atoms with Gasteiger partial charge in [-0.3, -0.25) is 0 Å². The predicted molar refractivity (Wildman–Crippen MR) is 91.1 cm³/mol. The second-order valence-electron chi connectivity index (χ2n) is 5.30. The van der Waals surface area contributed by atoms with Crippen LogP contribution in [0.5, 0.6) is 0 Å². The Labute approximate surface area is 132 Å². The first-order valence-corrected chi connectivity index (χ1v) is 8.05. The third-order valence-corrected chi connectivity index (χ3v) is 4.76. The molecule has 0 aliphatic rings. The van der Waals surface area contributed by atoms with E-state index < -0.39 is 0 Å². The molecule has 4 aromatic rings. The summed E-state index contributed by atoms with van der Waals surface area (Å²) in [7, 11) is 0. The summed E-state index contributed by atoms with van der Waals surface area (Å²) in [6.45, 7) is 2.91. The number of nitrogens with zero attached hydrogens (tertiary/aromatic N) is 3. The lowest BCUT2D eigenvalue weighted by molar-refractivity contribution is 0.784. The molecule has 0 saturated carbocycles. The van der Waals surface area contributed by atoms with Gasteiger partial charge in [0.05, 0.1) is 6.54 Å². The summed E-state index contributed by atoms with van der Waals surface area (Å²) in [5.41, 5.74) is 3.62. The molecule has 0 atom stereocenters. The van der Waals surface area contributed by atoms with Crippen LogP contribution < -0.4 is 0 Å². The molecule has 0 N–H and O–H groups in total. The summed E-state index contributed by atoms with van der Waals surface area (Å²) >= 11 is 1.66. The first-order chi connectivity index (χ1) is 10.8. The van der Waals surface area contributed by atoms with Gasteiger partial charge < -0.3 is 4.57 Å². The molecule has 4 rings (SSSR count). The van der Waals surface area contributed by atoms with E-state index in [9.17, 15) is 0 Å². The summed E-state index contributed by atoms with van der Waals surface area (Å²) in [6.07, 6.45) is 0. The van der Waals surface area contributed by atoms with E-state index in [1.807, 2.05) is 18.2 Å². The van der Waals surface area contributed by atoms with E-state index in [0.29, 0.717) is 0 Å². The zero-order chi connectivity index (χ0) is 14.9. The van der Waals surface area contributed by atoms with Gasteiger partial charge >= 0.3 is 0 Å². The van der Waals surface area contributed by atoms with E-state index in [1.165, 1.54) is 16.6 Å². The number of fused-ring (bicyclic) bond motifs is 1. The topological polar surface area (TPSA) is 30.7 Å². The van der Waals surface area contributed by atoms with Crippen LogP contribution in [0.15, 0.2) is 60.7 Å². The standard InChI is InChI=1S/C18H15N3S/c1-13-11-15-9-5-6-10-16(15)21(13)12-17-19-20-18(22-17)14-7-3-2-4-8-14/h2-11H,12H2,1H3. The molecule has 4 heteroatoms. The van der Waals surface area contributed by atoms with E-state index in [4.69, 9.17) is 0 Å². The second-order valence-corrected chi connectivity index (χ2v) is 6.36. The molecule has 0 amide bonds. The fraction of sp³-hybridized carbons (Fsp3) is 0.111. The van der Waals surface area contributed by atoms with Crippen LogP contribution in [0, 0.1) is 6.92 Å². The first-order valence-electron chi connectivity index (χ1n) is 7.24. The van der Waals surface area contributed by atoms with Gasteiger partial charge in [-0.25, -0.2) is 0 Å². The minimum atomic E-state index is 0.768. The summed E-state index contributed by atoms with van der Waals surface area (Å²) in [6, 6.07) is 20.9. The fourth-order valence-electron chi connectivity index (χ4n) is 2.71. The molecule has 0 unspecified atom stereocenters. The number of aromatic nitrogens is 3. The van der Waals surface area contributed by atoms with Crippen LogP contribution in [0.1, 0.15) is 10.7 Å². The summed E-state index contributed by atoms with van der Waals surface area (Å²) < 4.78 is 2.30. The van der Waals surface area contributed by atoms with Crippen LogP contribution >= 0.6 is 11.3 Å². The molecule has 0 aliphatic carbocycles. The zero-order valence-corrected chi connectivity index (χ0v) is 13.0. The van der Waals surface area contributed by atoms with Crippen LogP contribution in [-0.2, 0) is 6.54 Å². The van der Waals surface area contributed by atoms with Crippen molar-refractivity contribution in [2.75, 3.05) is 0 Å². The second kappa shape index (κ2) is 5.39. The predicted octanol–water partition coefficient (Wildman–Crippen LogP) is 4.52. The Hall–Kier alpha value is -2.46. The van der Waals surface area contributed by atoms with Crippen molar-refractivity contribution in [3.63, 3.8) is 0 Å². The molecule has 2 heterocycles. The minimum Gasteiger partial charge on any atom is -0.338 e. The van der Waals surface area contributed by atoms with Gasteiger partial charge in [0.25, 0.3) is 0 Å². The van der Waals surface area contributed by atoms with Crippen molar-refractivity contribution in [3.8, 4) is 10.6 Å². The highest BCUT2D eigenvalue weighted by Crippen LogP contribution is 2.26. The molecule has 0 radical (unpaired) electrons. The average Bonchev–Trinajstić information content (AvgIpc) is 3.14. The van der Waals surface area contributed by atoms with Crippen molar-refractivity contribution in [1.29, 1.82) is 0 Å². The third kappa shape index (κ3) is 2.31. The van der Waals surface area contributed by atoms with Crippen LogP contribution in [0.3, 0.4) is 0 Å². The van der Waals surface area contributed by atoms with Gasteiger partial charge in [0, 0.05) is 16.8 Å². The molecular formula is C18H15N3S. The number of benzene rings is 2. The summed E-state index contributed by atoms with van der Waals surface area (Å²) in [5.74, 6) is 0. The van der Waals surface area contributed by atoms with E-state index in [0.717, 1.165) is 22.1 Å². The monoisotopic (exact) mass is 305 g/mol. The highest BCUT2D eigenvalue weighted by Gasteiger charge is 2.10. The lowest BCUT2D eigenvalue weighted by Crippen LogP contribution is -2.00. The third-order valence-electron chi connectivity index (χ3n) is 3.80. The van der Waals surface area contributed by atoms with Gasteiger partial charge in [0.15, 0.2) is 0 Å². The van der Waals surface area contributed by atoms with Gasteiger partial charge in [-0.2, -0.15) is 0 Å². The van der Waals surface area contributed by atoms with Crippen molar-refractivity contribution in [1.82, 2.24) is 14.8 Å². The van der Waals surface area contributed by atoms with Crippen molar-refractivity contribution >= 4 is 22.2 Å². The Bertz CT molecular complexity index is 922. The Kier molecular flexibility index (Phi) is 3.24. The maximum absolute atomic E-state index is 4.36. The number of rotatable bonds is 3. The van der Waals surface area contributed by atoms with Crippen LogP contribution in [0.2, 0.25) is 0 Å². The lowest BCUT2D eigenvalue weighted by atomic mass is 10.2. The summed E-state index contributed by atoms with van der Waals surface area (Å²) in [4.78, 5) is 0. The summed E-state index contributed by atoms with van der Waals surface area (Å²) in [5, 5.41) is 12.0. The first kappa shape index (κ1) is 13.2. The maximum atomic E-state index is 4.36. The Morgan fingerprint density at radius 1 is 0.955 bits per heavy atom. The van der Waals surface area contributed by atoms with Crippen LogP contribution in [0.25, 0.3) is 21.5 Å². The Morgan fingerprint density at radius 2 is 1.73 bits per heavy atom. The molecule has 3 nitrogen and oxygen atoms in total. The van der Waals surface area contributed by atoms with Crippen molar-refractivity contribution < 1.29 is 0 Å². The van der Waals surface area contributed by atoms with Gasteiger partial charge in [-0.1, -0.05) is 59.9 Å². The number of aryl methyl sites for hydroxylation is 1. The Morgan fingerprint density at radius 3 is 2.59 bits per heavy atom. The maximum Gasteiger partial charge on any atom is 0.147 e. The van der Waals surface area contributed by atoms with Gasteiger partial charge in [0.1, 0.15) is 10.0 Å². The van der Waals surface area contributed by atoms with Crippen molar-refractivity contribution in [2.45, 2.75) is 13.5 Å². The van der Waals surface area contributed by atoms with Gasteiger partial charge in [0.2, 0.25) is 0 Å². The van der Waals surface area contributed by atoms with Crippen LogP contribution in [0.4, 0.5) is 0 Å². The molecule has 0 saturated heterocycles. The quantitative estimate of drug-likeness (QED) is 0.557. The molecule has 0 fully saturated rings. The Balaban J connectivity index is 1.69. The lowest BCUT2D eigenvalue weighted by Gasteiger charge is -2.05. The van der Waals surface area contributed by atoms with E-state index in [-0.39, 0.29) is 0 Å².